The molecular weight excluding hydrogens is 476 g/mol. The summed E-state index contributed by atoms with van der Waals surface area (Å²) < 4.78 is 13.3. The molecule has 4 aromatic carbocycles. The molecule has 3 aromatic heterocycles. The Balaban J connectivity index is 1.63. The largest absolute Gasteiger partial charge is 0.456 e. The van der Waals surface area contributed by atoms with Crippen molar-refractivity contribution in [3.05, 3.63) is 95.5 Å². The van der Waals surface area contributed by atoms with E-state index in [-0.39, 0.29) is 0 Å². The Labute approximate surface area is 196 Å². The van der Waals surface area contributed by atoms with Crippen LogP contribution in [0.25, 0.3) is 66.7 Å². The summed E-state index contributed by atoms with van der Waals surface area (Å²) >= 11 is 3.69. The van der Waals surface area contributed by atoms with E-state index in [9.17, 15) is 0 Å². The van der Waals surface area contributed by atoms with Crippen LogP contribution in [0.3, 0.4) is 0 Å². The minimum Gasteiger partial charge on any atom is -0.456 e. The van der Waals surface area contributed by atoms with Crippen LogP contribution in [-0.4, -0.2) is 9.97 Å². The maximum absolute atomic E-state index is 6.23. The number of hydrogen-bond acceptors (Lipinski definition) is 4. The van der Waals surface area contributed by atoms with Gasteiger partial charge in [-0.25, -0.2) is 4.98 Å². The molecule has 7 rings (SSSR count). The first-order valence-electron chi connectivity index (χ1n) is 10.6. The van der Waals surface area contributed by atoms with Crippen LogP contribution in [0.2, 0.25) is 0 Å². The van der Waals surface area contributed by atoms with Crippen LogP contribution < -0.4 is 0 Å². The number of nitrogens with zero attached hydrogens (tertiary/aromatic N) is 2. The molecule has 0 saturated carbocycles. The third-order valence-electron chi connectivity index (χ3n) is 6.00. The Morgan fingerprint density at radius 3 is 2.18 bits per heavy atom. The van der Waals surface area contributed by atoms with Gasteiger partial charge in [-0.2, -0.15) is 4.98 Å². The van der Waals surface area contributed by atoms with Gasteiger partial charge < -0.3 is 8.83 Å². The lowest BCUT2D eigenvalue weighted by molar-refractivity contribution is 0.653. The van der Waals surface area contributed by atoms with E-state index < -0.39 is 0 Å². The van der Waals surface area contributed by atoms with Crippen LogP contribution in [-0.2, 0) is 0 Å². The second-order valence-corrected chi connectivity index (χ2v) is 8.79. The summed E-state index contributed by atoms with van der Waals surface area (Å²) in [6, 6.07) is 30.1. The minimum atomic E-state index is 0.561. The van der Waals surface area contributed by atoms with Crippen LogP contribution >= 0.6 is 15.9 Å². The fourth-order valence-electron chi connectivity index (χ4n) is 4.56. The van der Waals surface area contributed by atoms with Crippen molar-refractivity contribution < 1.29 is 8.83 Å². The van der Waals surface area contributed by atoms with E-state index in [4.69, 9.17) is 18.8 Å². The van der Waals surface area contributed by atoms with Crippen molar-refractivity contribution in [1.82, 2.24) is 9.97 Å². The van der Waals surface area contributed by atoms with Crippen molar-refractivity contribution >= 4 is 59.9 Å². The standard InChI is InChI=1S/C28H15BrN2O2/c29-19-12-7-15-22-24(19)25-26(16-8-2-1-3-9-16)30-27(31-28(25)33-22)18-11-6-14-21-23(18)17-10-4-5-13-20(17)32-21/h1-15H. The summed E-state index contributed by atoms with van der Waals surface area (Å²) in [6.07, 6.45) is 0. The zero-order valence-corrected chi connectivity index (χ0v) is 18.8. The van der Waals surface area contributed by atoms with Gasteiger partial charge >= 0.3 is 0 Å². The van der Waals surface area contributed by atoms with Crippen LogP contribution in [0.1, 0.15) is 0 Å². The molecule has 0 saturated heterocycles. The Morgan fingerprint density at radius 1 is 0.576 bits per heavy atom. The highest BCUT2D eigenvalue weighted by molar-refractivity contribution is 9.10. The number of aromatic nitrogens is 2. The zero-order chi connectivity index (χ0) is 21.9. The molecule has 0 aliphatic rings. The smallest absolute Gasteiger partial charge is 0.231 e. The lowest BCUT2D eigenvalue weighted by atomic mass is 10.0. The van der Waals surface area contributed by atoms with Crippen molar-refractivity contribution in [2.24, 2.45) is 0 Å². The van der Waals surface area contributed by atoms with Gasteiger partial charge in [0.25, 0.3) is 0 Å². The Morgan fingerprint density at radius 2 is 1.30 bits per heavy atom. The van der Waals surface area contributed by atoms with Gasteiger partial charge in [-0.1, -0.05) is 82.7 Å². The number of benzene rings is 4. The second-order valence-electron chi connectivity index (χ2n) is 7.93. The topological polar surface area (TPSA) is 52.1 Å². The average Bonchev–Trinajstić information content (AvgIpc) is 3.43. The molecule has 33 heavy (non-hydrogen) atoms. The summed E-state index contributed by atoms with van der Waals surface area (Å²) in [5, 5.41) is 3.92. The third-order valence-corrected chi connectivity index (χ3v) is 6.66. The molecule has 0 aliphatic carbocycles. The number of rotatable bonds is 2. The molecule has 0 aliphatic heterocycles. The molecule has 0 bridgehead atoms. The molecule has 0 fully saturated rings. The van der Waals surface area contributed by atoms with E-state index in [0.717, 1.165) is 59.6 Å². The molecule has 3 heterocycles. The molecule has 0 radical (unpaired) electrons. The predicted molar refractivity (Wildman–Crippen MR) is 135 cm³/mol. The van der Waals surface area contributed by atoms with Crippen LogP contribution in [0.4, 0.5) is 0 Å². The molecular formula is C28H15BrN2O2. The SMILES string of the molecule is Brc1cccc2oc3nc(-c4cccc5oc6ccccc6c45)nc(-c4ccccc4)c3c12. The molecule has 0 amide bonds. The van der Waals surface area contributed by atoms with Gasteiger partial charge in [0.1, 0.15) is 16.7 Å². The van der Waals surface area contributed by atoms with Crippen molar-refractivity contribution in [2.75, 3.05) is 0 Å². The second kappa shape index (κ2) is 7.02. The molecule has 4 nitrogen and oxygen atoms in total. The molecule has 0 atom stereocenters. The fourth-order valence-corrected chi connectivity index (χ4v) is 5.11. The molecule has 156 valence electrons. The quantitative estimate of drug-likeness (QED) is 0.244. The highest BCUT2D eigenvalue weighted by atomic mass is 79.9. The van der Waals surface area contributed by atoms with Crippen molar-refractivity contribution in [3.8, 4) is 22.6 Å². The normalized spacial score (nSPS) is 11.8. The molecule has 0 unspecified atom stereocenters. The summed E-state index contributed by atoms with van der Waals surface area (Å²) in [6.45, 7) is 0. The number of hydrogen-bond donors (Lipinski definition) is 0. The van der Waals surface area contributed by atoms with Crippen molar-refractivity contribution in [3.63, 3.8) is 0 Å². The van der Waals surface area contributed by atoms with Crippen molar-refractivity contribution in [1.29, 1.82) is 0 Å². The number of para-hydroxylation sites is 1. The van der Waals surface area contributed by atoms with Crippen molar-refractivity contribution in [2.45, 2.75) is 0 Å². The van der Waals surface area contributed by atoms with E-state index in [0.29, 0.717) is 11.5 Å². The van der Waals surface area contributed by atoms with E-state index >= 15 is 0 Å². The van der Waals surface area contributed by atoms with Gasteiger partial charge in [-0.3, -0.25) is 0 Å². The summed E-state index contributed by atoms with van der Waals surface area (Å²) in [4.78, 5) is 10.0. The molecule has 0 spiro atoms. The number of fused-ring (bicyclic) bond motifs is 6. The highest BCUT2D eigenvalue weighted by Gasteiger charge is 2.21. The molecule has 5 heteroatoms. The maximum Gasteiger partial charge on any atom is 0.231 e. The number of furan rings is 2. The maximum atomic E-state index is 6.23. The lowest BCUT2D eigenvalue weighted by Crippen LogP contribution is -1.94. The van der Waals surface area contributed by atoms with Gasteiger partial charge in [0.15, 0.2) is 5.82 Å². The molecule has 0 N–H and O–H groups in total. The van der Waals surface area contributed by atoms with Gasteiger partial charge in [0.05, 0.1) is 11.1 Å². The summed E-state index contributed by atoms with van der Waals surface area (Å²) in [5.41, 5.74) is 5.75. The van der Waals surface area contributed by atoms with E-state index in [1.54, 1.807) is 0 Å². The van der Waals surface area contributed by atoms with Gasteiger partial charge in [-0.15, -0.1) is 0 Å². The fraction of sp³-hybridized carbons (Fsp3) is 0. The first-order chi connectivity index (χ1) is 16.3. The number of halogens is 1. The van der Waals surface area contributed by atoms with Crippen LogP contribution in [0, 0.1) is 0 Å². The minimum absolute atomic E-state index is 0.561. The predicted octanol–water partition coefficient (Wildman–Crippen LogP) is 8.37. The Hall–Kier alpha value is -3.96. The van der Waals surface area contributed by atoms with Gasteiger partial charge in [0.2, 0.25) is 5.71 Å². The summed E-state index contributed by atoms with van der Waals surface area (Å²) in [7, 11) is 0. The first-order valence-corrected chi connectivity index (χ1v) is 11.4. The third kappa shape index (κ3) is 2.76. The lowest BCUT2D eigenvalue weighted by Gasteiger charge is -2.08. The zero-order valence-electron chi connectivity index (χ0n) is 17.2. The van der Waals surface area contributed by atoms with E-state index in [2.05, 4.69) is 34.1 Å². The average molecular weight is 491 g/mol. The first kappa shape index (κ1) is 18.6. The van der Waals surface area contributed by atoms with Crippen LogP contribution in [0.5, 0.6) is 0 Å². The highest BCUT2D eigenvalue weighted by Crippen LogP contribution is 2.41. The molecule has 7 aromatic rings. The van der Waals surface area contributed by atoms with E-state index in [1.807, 2.05) is 72.8 Å². The Kier molecular flexibility index (Phi) is 3.96. The van der Waals surface area contributed by atoms with Crippen LogP contribution in [0.15, 0.2) is 104 Å². The monoisotopic (exact) mass is 490 g/mol. The Bertz CT molecular complexity index is 1830. The van der Waals surface area contributed by atoms with Gasteiger partial charge in [-0.05, 0) is 24.3 Å². The van der Waals surface area contributed by atoms with E-state index in [1.165, 1.54) is 0 Å². The summed E-state index contributed by atoms with van der Waals surface area (Å²) in [5.74, 6) is 0.605. The van der Waals surface area contributed by atoms with Gasteiger partial charge in [0, 0.05) is 31.8 Å².